The Kier molecular flexibility index (Phi) is 4.91. The second kappa shape index (κ2) is 6.50. The number of hydrogen-bond donors (Lipinski definition) is 1. The highest BCUT2D eigenvalue weighted by Crippen LogP contribution is 2.36. The summed E-state index contributed by atoms with van der Waals surface area (Å²) in [5.41, 5.74) is 1.21. The van der Waals surface area contributed by atoms with E-state index in [-0.39, 0.29) is 0 Å². The first-order valence-electron chi connectivity index (χ1n) is 7.29. The third-order valence-corrected chi connectivity index (χ3v) is 4.07. The van der Waals surface area contributed by atoms with Crippen LogP contribution in [0.15, 0.2) is 30.4 Å². The Morgan fingerprint density at radius 2 is 1.71 bits per heavy atom. The van der Waals surface area contributed by atoms with Crippen LogP contribution in [0, 0.1) is 0 Å². The maximum atomic E-state index is 11.0. The highest BCUT2D eigenvalue weighted by Gasteiger charge is 2.34. The molecular formula is C17H25NO3. The number of benzene rings is 1. The Balaban J connectivity index is 2.16. The molecule has 0 unspecified atom stereocenters. The van der Waals surface area contributed by atoms with Crippen molar-refractivity contribution >= 4 is 0 Å². The highest BCUT2D eigenvalue weighted by molar-refractivity contribution is 5.41. The van der Waals surface area contributed by atoms with Gasteiger partial charge in [-0.2, -0.15) is 0 Å². The molecule has 1 saturated heterocycles. The van der Waals surface area contributed by atoms with Gasteiger partial charge in [0.15, 0.2) is 0 Å². The number of piperidine rings is 1. The first kappa shape index (κ1) is 15.9. The molecule has 1 aromatic rings. The van der Waals surface area contributed by atoms with Crippen molar-refractivity contribution in [2.24, 2.45) is 0 Å². The summed E-state index contributed by atoms with van der Waals surface area (Å²) in [5, 5.41) is 11.0. The maximum Gasteiger partial charge on any atom is 0.122 e. The minimum Gasteiger partial charge on any atom is -0.497 e. The summed E-state index contributed by atoms with van der Waals surface area (Å²) < 4.78 is 10.6. The smallest absolute Gasteiger partial charge is 0.122 e. The van der Waals surface area contributed by atoms with E-state index < -0.39 is 5.60 Å². The second-order valence-corrected chi connectivity index (χ2v) is 5.87. The molecule has 1 heterocycles. The summed E-state index contributed by atoms with van der Waals surface area (Å²) in [5.74, 6) is 1.42. The number of hydrogen-bond acceptors (Lipinski definition) is 4. The van der Waals surface area contributed by atoms with Crippen LogP contribution in [0.5, 0.6) is 11.5 Å². The summed E-state index contributed by atoms with van der Waals surface area (Å²) >= 11 is 0. The molecule has 4 heteroatoms. The monoisotopic (exact) mass is 291 g/mol. The lowest BCUT2D eigenvalue weighted by Gasteiger charge is -2.38. The minimum absolute atomic E-state index is 0.705. The topological polar surface area (TPSA) is 41.9 Å². The molecule has 1 aliphatic rings. The van der Waals surface area contributed by atoms with E-state index in [1.807, 2.05) is 25.1 Å². The van der Waals surface area contributed by atoms with Gasteiger partial charge in [-0.25, -0.2) is 0 Å². The Morgan fingerprint density at radius 1 is 1.19 bits per heavy atom. The molecule has 0 aliphatic carbocycles. The minimum atomic E-state index is -0.812. The van der Waals surface area contributed by atoms with Crippen molar-refractivity contribution in [2.75, 3.05) is 33.9 Å². The average Bonchev–Trinajstić information content (AvgIpc) is 2.48. The van der Waals surface area contributed by atoms with Crippen molar-refractivity contribution in [1.29, 1.82) is 0 Å². The molecule has 2 rings (SSSR count). The predicted octanol–water partition coefficient (Wildman–Crippen LogP) is 2.56. The van der Waals surface area contributed by atoms with Gasteiger partial charge in [-0.3, -0.25) is 4.90 Å². The van der Waals surface area contributed by atoms with Gasteiger partial charge in [-0.15, -0.1) is 0 Å². The molecule has 1 aromatic carbocycles. The van der Waals surface area contributed by atoms with Crippen LogP contribution in [0.2, 0.25) is 0 Å². The fourth-order valence-corrected chi connectivity index (χ4v) is 2.83. The molecule has 1 fully saturated rings. The standard InChI is InChI=1S/C17H25NO3/c1-13(2)12-18-7-5-17(19,6-8-18)14-9-15(20-3)11-16(10-14)21-4/h9-11,19H,1,5-8,12H2,2-4H3. The van der Waals surface area contributed by atoms with Crippen LogP contribution >= 0.6 is 0 Å². The Hall–Kier alpha value is -1.52. The van der Waals surface area contributed by atoms with Crippen LogP contribution in [-0.2, 0) is 5.60 Å². The van der Waals surface area contributed by atoms with Crippen LogP contribution in [0.1, 0.15) is 25.3 Å². The van der Waals surface area contributed by atoms with Crippen LogP contribution in [0.25, 0.3) is 0 Å². The van der Waals surface area contributed by atoms with Crippen LogP contribution < -0.4 is 9.47 Å². The van der Waals surface area contributed by atoms with E-state index in [1.54, 1.807) is 14.2 Å². The molecule has 0 aromatic heterocycles. The Labute approximate surface area is 127 Å². The molecule has 0 amide bonds. The normalized spacial score (nSPS) is 18.3. The van der Waals surface area contributed by atoms with Crippen LogP contribution in [-0.4, -0.2) is 43.9 Å². The van der Waals surface area contributed by atoms with Gasteiger partial charge in [0.05, 0.1) is 19.8 Å². The maximum absolute atomic E-state index is 11.0. The van der Waals surface area contributed by atoms with E-state index in [2.05, 4.69) is 11.5 Å². The molecule has 0 atom stereocenters. The third-order valence-electron chi connectivity index (χ3n) is 4.07. The molecule has 0 radical (unpaired) electrons. The van der Waals surface area contributed by atoms with Gasteiger partial charge in [-0.1, -0.05) is 12.2 Å². The van der Waals surface area contributed by atoms with Gasteiger partial charge < -0.3 is 14.6 Å². The largest absolute Gasteiger partial charge is 0.497 e. The average molecular weight is 291 g/mol. The molecule has 21 heavy (non-hydrogen) atoms. The molecule has 4 nitrogen and oxygen atoms in total. The highest BCUT2D eigenvalue weighted by atomic mass is 16.5. The molecule has 0 spiro atoms. The van der Waals surface area contributed by atoms with Crippen molar-refractivity contribution in [1.82, 2.24) is 4.90 Å². The van der Waals surface area contributed by atoms with Gasteiger partial charge in [0.2, 0.25) is 0 Å². The molecule has 1 N–H and O–H groups in total. The van der Waals surface area contributed by atoms with Crippen molar-refractivity contribution < 1.29 is 14.6 Å². The lowest BCUT2D eigenvalue weighted by molar-refractivity contribution is -0.0241. The van der Waals surface area contributed by atoms with Crippen LogP contribution in [0.4, 0.5) is 0 Å². The zero-order chi connectivity index (χ0) is 15.5. The van der Waals surface area contributed by atoms with Gasteiger partial charge in [0.1, 0.15) is 11.5 Å². The lowest BCUT2D eigenvalue weighted by atomic mass is 9.84. The fourth-order valence-electron chi connectivity index (χ4n) is 2.83. The van der Waals surface area contributed by atoms with E-state index in [4.69, 9.17) is 9.47 Å². The SMILES string of the molecule is C=C(C)CN1CCC(O)(c2cc(OC)cc(OC)c2)CC1. The van der Waals surface area contributed by atoms with Gasteiger partial charge in [0, 0.05) is 25.7 Å². The van der Waals surface area contributed by atoms with Crippen molar-refractivity contribution in [3.8, 4) is 11.5 Å². The molecule has 116 valence electrons. The van der Waals surface area contributed by atoms with Crippen LogP contribution in [0.3, 0.4) is 0 Å². The fraction of sp³-hybridized carbons (Fsp3) is 0.529. The van der Waals surface area contributed by atoms with E-state index in [9.17, 15) is 5.11 Å². The van der Waals surface area contributed by atoms with E-state index >= 15 is 0 Å². The summed E-state index contributed by atoms with van der Waals surface area (Å²) in [4.78, 5) is 2.33. The van der Waals surface area contributed by atoms with Crippen molar-refractivity contribution in [2.45, 2.75) is 25.4 Å². The number of methoxy groups -OCH3 is 2. The molecule has 1 aliphatic heterocycles. The number of likely N-dealkylation sites (tertiary alicyclic amines) is 1. The molecule has 0 saturated carbocycles. The quantitative estimate of drug-likeness (QED) is 0.847. The first-order chi connectivity index (χ1) is 9.96. The van der Waals surface area contributed by atoms with Crippen molar-refractivity contribution in [3.05, 3.63) is 35.9 Å². The predicted molar refractivity (Wildman–Crippen MR) is 83.9 cm³/mol. The summed E-state index contributed by atoms with van der Waals surface area (Å²) in [6, 6.07) is 5.62. The summed E-state index contributed by atoms with van der Waals surface area (Å²) in [6.45, 7) is 8.62. The molecular weight excluding hydrogens is 266 g/mol. The zero-order valence-electron chi connectivity index (χ0n) is 13.2. The lowest BCUT2D eigenvalue weighted by Crippen LogP contribution is -2.43. The number of nitrogens with zero attached hydrogens (tertiary/aromatic N) is 1. The Morgan fingerprint density at radius 3 is 2.14 bits per heavy atom. The third kappa shape index (κ3) is 3.77. The van der Waals surface area contributed by atoms with E-state index in [0.717, 1.165) is 30.8 Å². The van der Waals surface area contributed by atoms with E-state index in [1.165, 1.54) is 0 Å². The van der Waals surface area contributed by atoms with E-state index in [0.29, 0.717) is 24.3 Å². The van der Waals surface area contributed by atoms with Gasteiger partial charge in [-0.05, 0) is 37.5 Å². The molecule has 0 bridgehead atoms. The second-order valence-electron chi connectivity index (χ2n) is 5.87. The first-order valence-corrected chi connectivity index (χ1v) is 7.29. The van der Waals surface area contributed by atoms with Gasteiger partial charge in [0.25, 0.3) is 0 Å². The number of rotatable bonds is 5. The summed E-state index contributed by atoms with van der Waals surface area (Å²) in [6.07, 6.45) is 1.41. The summed E-state index contributed by atoms with van der Waals surface area (Å²) in [7, 11) is 3.25. The number of ether oxygens (including phenoxy) is 2. The zero-order valence-corrected chi connectivity index (χ0v) is 13.2. The number of aliphatic hydroxyl groups is 1. The van der Waals surface area contributed by atoms with Gasteiger partial charge >= 0.3 is 0 Å². The Bertz CT molecular complexity index is 483. The van der Waals surface area contributed by atoms with Crippen molar-refractivity contribution in [3.63, 3.8) is 0 Å².